The quantitative estimate of drug-likeness (QED) is 0.612. The molecular weight excluding hydrogens is 341 g/mol. The average molecular weight is 355 g/mol. The summed E-state index contributed by atoms with van der Waals surface area (Å²) in [6, 6.07) is 6.32. The number of benzene rings is 1. The summed E-state index contributed by atoms with van der Waals surface area (Å²) >= 11 is 1.53. The summed E-state index contributed by atoms with van der Waals surface area (Å²) in [7, 11) is 0. The third kappa shape index (κ3) is 2.80. The van der Waals surface area contributed by atoms with Gasteiger partial charge in [0.15, 0.2) is 4.96 Å². The van der Waals surface area contributed by atoms with Crippen LogP contribution in [-0.4, -0.2) is 25.1 Å². The maximum absolute atomic E-state index is 13.9. The molecule has 0 aliphatic carbocycles. The van der Waals surface area contributed by atoms with Crippen molar-refractivity contribution in [2.75, 3.05) is 0 Å². The topological polar surface area (TPSA) is 64.2 Å². The summed E-state index contributed by atoms with van der Waals surface area (Å²) in [6.45, 7) is 2.05. The smallest absolute Gasteiger partial charge is 0.255 e. The van der Waals surface area contributed by atoms with Gasteiger partial charge in [0.2, 0.25) is 0 Å². The molecule has 0 bridgehead atoms. The van der Waals surface area contributed by atoms with Gasteiger partial charge >= 0.3 is 0 Å². The van der Waals surface area contributed by atoms with E-state index in [4.69, 9.17) is 0 Å². The number of para-hydroxylation sites is 1. The van der Waals surface area contributed by atoms with Gasteiger partial charge in [-0.25, -0.2) is 14.1 Å². The van der Waals surface area contributed by atoms with Crippen molar-refractivity contribution in [1.82, 2.24) is 24.5 Å². The number of hydrogen-bond donors (Lipinski definition) is 1. The molecule has 0 radical (unpaired) electrons. The van der Waals surface area contributed by atoms with Crippen LogP contribution in [0.2, 0.25) is 0 Å². The minimum Gasteiger partial charge on any atom is -0.346 e. The van der Waals surface area contributed by atoms with E-state index in [1.54, 1.807) is 25.1 Å². The monoisotopic (exact) mass is 355 g/mol. The van der Waals surface area contributed by atoms with E-state index in [1.807, 2.05) is 22.2 Å². The fourth-order valence-corrected chi connectivity index (χ4v) is 3.35. The van der Waals surface area contributed by atoms with Crippen LogP contribution in [0, 0.1) is 12.7 Å². The largest absolute Gasteiger partial charge is 0.346 e. The van der Waals surface area contributed by atoms with Gasteiger partial charge in [-0.15, -0.1) is 11.3 Å². The second kappa shape index (κ2) is 6.14. The number of aromatic nitrogens is 4. The van der Waals surface area contributed by atoms with Gasteiger partial charge in [-0.3, -0.25) is 9.20 Å². The van der Waals surface area contributed by atoms with Gasteiger partial charge in [-0.05, 0) is 19.1 Å². The molecule has 0 spiro atoms. The van der Waals surface area contributed by atoms with Crippen LogP contribution in [0.1, 0.15) is 21.7 Å². The Balaban J connectivity index is 1.52. The van der Waals surface area contributed by atoms with Crippen molar-refractivity contribution >= 4 is 22.2 Å². The van der Waals surface area contributed by atoms with Crippen LogP contribution in [0.5, 0.6) is 0 Å². The molecule has 1 amide bonds. The van der Waals surface area contributed by atoms with Crippen molar-refractivity contribution in [1.29, 1.82) is 0 Å². The summed E-state index contributed by atoms with van der Waals surface area (Å²) in [6.07, 6.45) is 5.24. The highest BCUT2D eigenvalue weighted by Gasteiger charge is 2.17. The molecule has 0 atom stereocenters. The lowest BCUT2D eigenvalue weighted by molar-refractivity contribution is 0.0950. The Morgan fingerprint density at radius 2 is 2.20 bits per heavy atom. The van der Waals surface area contributed by atoms with E-state index in [1.165, 1.54) is 28.3 Å². The predicted molar refractivity (Wildman–Crippen MR) is 92.5 cm³/mol. The Hall–Kier alpha value is -3.00. The van der Waals surface area contributed by atoms with Gasteiger partial charge in [-0.2, -0.15) is 5.10 Å². The molecule has 3 heterocycles. The number of carbonyl (C=O) groups excluding carboxylic acids is 1. The zero-order valence-corrected chi connectivity index (χ0v) is 14.1. The summed E-state index contributed by atoms with van der Waals surface area (Å²) in [5.41, 5.74) is 2.07. The molecule has 126 valence electrons. The molecule has 3 aromatic heterocycles. The highest BCUT2D eigenvalue weighted by Crippen LogP contribution is 2.17. The standard InChI is InChI=1S/C17H14FN5OS/c1-11-13(9-20-23(11)15-5-3-2-4-14(15)18)16(24)19-8-12-10-22-6-7-25-17(22)21-12/h2-7,9-10H,8H2,1H3,(H,19,24). The van der Waals surface area contributed by atoms with Gasteiger partial charge < -0.3 is 5.32 Å². The number of nitrogens with one attached hydrogen (secondary N) is 1. The molecule has 8 heteroatoms. The molecule has 0 aliphatic rings. The molecule has 6 nitrogen and oxygen atoms in total. The van der Waals surface area contributed by atoms with Gasteiger partial charge in [0.25, 0.3) is 5.91 Å². The zero-order valence-electron chi connectivity index (χ0n) is 13.3. The van der Waals surface area contributed by atoms with Crippen molar-refractivity contribution in [2.45, 2.75) is 13.5 Å². The third-order valence-corrected chi connectivity index (χ3v) is 4.68. The number of hydrogen-bond acceptors (Lipinski definition) is 4. The molecule has 1 aromatic carbocycles. The van der Waals surface area contributed by atoms with Gasteiger partial charge in [0.05, 0.1) is 29.7 Å². The molecule has 25 heavy (non-hydrogen) atoms. The lowest BCUT2D eigenvalue weighted by atomic mass is 10.2. The Bertz CT molecular complexity index is 1040. The average Bonchev–Trinajstić information content (AvgIpc) is 3.28. The fourth-order valence-electron chi connectivity index (χ4n) is 2.63. The van der Waals surface area contributed by atoms with Crippen molar-refractivity contribution in [3.05, 3.63) is 71.0 Å². The minimum atomic E-state index is -0.390. The van der Waals surface area contributed by atoms with Gasteiger partial charge in [0.1, 0.15) is 11.5 Å². The molecule has 4 aromatic rings. The number of carbonyl (C=O) groups is 1. The second-order valence-corrected chi connectivity index (χ2v) is 6.39. The molecule has 0 saturated carbocycles. The molecule has 4 rings (SSSR count). The first-order valence-electron chi connectivity index (χ1n) is 7.62. The fraction of sp³-hybridized carbons (Fsp3) is 0.118. The molecule has 1 N–H and O–H groups in total. The first-order chi connectivity index (χ1) is 12.1. The van der Waals surface area contributed by atoms with Crippen molar-refractivity contribution in [3.8, 4) is 5.69 Å². The lowest BCUT2D eigenvalue weighted by Crippen LogP contribution is -2.23. The Morgan fingerprint density at radius 3 is 3.00 bits per heavy atom. The third-order valence-electron chi connectivity index (χ3n) is 3.91. The Kier molecular flexibility index (Phi) is 3.81. The second-order valence-electron chi connectivity index (χ2n) is 5.51. The number of rotatable bonds is 4. The number of fused-ring (bicyclic) bond motifs is 1. The lowest BCUT2D eigenvalue weighted by Gasteiger charge is -2.07. The van der Waals surface area contributed by atoms with Crippen LogP contribution in [0.3, 0.4) is 0 Å². The number of imidazole rings is 1. The summed E-state index contributed by atoms with van der Waals surface area (Å²) in [4.78, 5) is 17.7. The SMILES string of the molecule is Cc1c(C(=O)NCc2cn3ccsc3n2)cnn1-c1ccccc1F. The van der Waals surface area contributed by atoms with E-state index >= 15 is 0 Å². The summed E-state index contributed by atoms with van der Waals surface area (Å²) in [5, 5.41) is 8.93. The first-order valence-corrected chi connectivity index (χ1v) is 8.50. The molecular formula is C17H14FN5OS. The van der Waals surface area contributed by atoms with Crippen LogP contribution in [0.25, 0.3) is 10.6 Å². The maximum Gasteiger partial charge on any atom is 0.255 e. The molecule has 0 saturated heterocycles. The normalized spacial score (nSPS) is 11.1. The van der Waals surface area contributed by atoms with Crippen LogP contribution < -0.4 is 5.32 Å². The number of amides is 1. The first kappa shape index (κ1) is 15.5. The predicted octanol–water partition coefficient (Wildman–Crippen LogP) is 2.96. The van der Waals surface area contributed by atoms with Crippen molar-refractivity contribution < 1.29 is 9.18 Å². The number of halogens is 1. The molecule has 0 unspecified atom stereocenters. The zero-order chi connectivity index (χ0) is 17.4. The van der Waals surface area contributed by atoms with E-state index in [0.717, 1.165) is 10.7 Å². The van der Waals surface area contributed by atoms with Crippen LogP contribution in [0.4, 0.5) is 4.39 Å². The van der Waals surface area contributed by atoms with Gasteiger partial charge in [-0.1, -0.05) is 12.1 Å². The highest BCUT2D eigenvalue weighted by molar-refractivity contribution is 7.15. The Labute approximate surface area is 146 Å². The number of nitrogens with zero attached hydrogens (tertiary/aromatic N) is 4. The summed E-state index contributed by atoms with van der Waals surface area (Å²) < 4.78 is 17.3. The molecule has 0 aliphatic heterocycles. The van der Waals surface area contributed by atoms with Crippen LogP contribution in [-0.2, 0) is 6.54 Å². The maximum atomic E-state index is 13.9. The van der Waals surface area contributed by atoms with Crippen LogP contribution in [0.15, 0.2) is 48.2 Å². The molecule has 0 fully saturated rings. The summed E-state index contributed by atoms with van der Waals surface area (Å²) in [5.74, 6) is -0.657. The van der Waals surface area contributed by atoms with E-state index in [9.17, 15) is 9.18 Å². The highest BCUT2D eigenvalue weighted by atomic mass is 32.1. The van der Waals surface area contributed by atoms with Crippen LogP contribution >= 0.6 is 11.3 Å². The van der Waals surface area contributed by atoms with E-state index in [-0.39, 0.29) is 5.91 Å². The van der Waals surface area contributed by atoms with Crippen molar-refractivity contribution in [3.63, 3.8) is 0 Å². The van der Waals surface area contributed by atoms with E-state index in [0.29, 0.717) is 23.5 Å². The van der Waals surface area contributed by atoms with E-state index in [2.05, 4.69) is 15.4 Å². The van der Waals surface area contributed by atoms with E-state index < -0.39 is 5.82 Å². The number of thiazole rings is 1. The Morgan fingerprint density at radius 1 is 1.36 bits per heavy atom. The van der Waals surface area contributed by atoms with Gasteiger partial charge in [0, 0.05) is 17.8 Å². The minimum absolute atomic E-state index is 0.267. The van der Waals surface area contributed by atoms with Crippen molar-refractivity contribution in [2.24, 2.45) is 0 Å².